The first-order valence-corrected chi connectivity index (χ1v) is 3.72. The van der Waals surface area contributed by atoms with Gasteiger partial charge in [-0.15, -0.1) is 0 Å². The molecule has 1 rings (SSSR count). The lowest BCUT2D eigenvalue weighted by molar-refractivity contribution is -0.147. The molecule has 4 heteroatoms. The molecule has 0 atom stereocenters. The van der Waals surface area contributed by atoms with Crippen LogP contribution < -0.4 is 0 Å². The largest absolute Gasteiger partial charge is 0.450 e. The van der Waals surface area contributed by atoms with Crippen molar-refractivity contribution in [2.24, 2.45) is 0 Å². The summed E-state index contributed by atoms with van der Waals surface area (Å²) in [5.41, 5.74) is 0. The number of morpholine rings is 1. The van der Waals surface area contributed by atoms with Crippen LogP contribution in [0.3, 0.4) is 0 Å². The average molecular weight is 159 g/mol. The van der Waals surface area contributed by atoms with Crippen LogP contribution in [0.5, 0.6) is 0 Å². The number of carbonyl (C=O) groups is 1. The van der Waals surface area contributed by atoms with Crippen LogP contribution >= 0.6 is 0 Å². The van der Waals surface area contributed by atoms with E-state index in [2.05, 4.69) is 0 Å². The molecular formula is C7H13NO3. The van der Waals surface area contributed by atoms with Crippen LogP contribution in [0.4, 0.5) is 0 Å². The van der Waals surface area contributed by atoms with E-state index >= 15 is 0 Å². The summed E-state index contributed by atoms with van der Waals surface area (Å²) in [6.45, 7) is 5.00. The number of rotatable bonds is 2. The van der Waals surface area contributed by atoms with Crippen LogP contribution in [0, 0.1) is 0 Å². The quantitative estimate of drug-likeness (QED) is 0.525. The topological polar surface area (TPSA) is 38.8 Å². The molecule has 64 valence electrons. The van der Waals surface area contributed by atoms with E-state index in [1.807, 2.05) is 4.90 Å². The molecule has 0 aromatic heterocycles. The summed E-state index contributed by atoms with van der Waals surface area (Å²) in [5, 5.41) is 0. The Morgan fingerprint density at radius 2 is 2.18 bits per heavy atom. The van der Waals surface area contributed by atoms with Gasteiger partial charge in [-0.3, -0.25) is 9.69 Å². The molecule has 0 unspecified atom stereocenters. The molecule has 1 aliphatic heterocycles. The van der Waals surface area contributed by atoms with E-state index in [1.54, 1.807) is 0 Å². The lowest BCUT2D eigenvalue weighted by Gasteiger charge is -2.25. The minimum atomic E-state index is -0.225. The fraction of sp³-hybridized carbons (Fsp3) is 0.857. The van der Waals surface area contributed by atoms with Crippen LogP contribution in [0.15, 0.2) is 0 Å². The Bertz CT molecular complexity index is 132. The molecular weight excluding hydrogens is 146 g/mol. The number of hydrogen-bond acceptors (Lipinski definition) is 4. The van der Waals surface area contributed by atoms with Gasteiger partial charge in [-0.05, 0) is 0 Å². The van der Waals surface area contributed by atoms with Gasteiger partial charge < -0.3 is 9.47 Å². The Labute approximate surface area is 66.1 Å². The number of nitrogens with zero attached hydrogens (tertiary/aromatic N) is 1. The second kappa shape index (κ2) is 4.31. The first kappa shape index (κ1) is 8.49. The van der Waals surface area contributed by atoms with Gasteiger partial charge in [0.2, 0.25) is 0 Å². The fourth-order valence-corrected chi connectivity index (χ4v) is 0.912. The average Bonchev–Trinajstić information content (AvgIpc) is 2.03. The molecule has 0 bridgehead atoms. The maximum absolute atomic E-state index is 10.4. The minimum absolute atomic E-state index is 0.225. The Balaban J connectivity index is 2.09. The van der Waals surface area contributed by atoms with Crippen molar-refractivity contribution in [2.75, 3.05) is 33.0 Å². The molecule has 0 N–H and O–H groups in total. The van der Waals surface area contributed by atoms with Crippen molar-refractivity contribution >= 4 is 5.97 Å². The molecule has 0 saturated carbocycles. The van der Waals surface area contributed by atoms with Crippen LogP contribution in [0.2, 0.25) is 0 Å². The zero-order valence-corrected chi connectivity index (χ0v) is 6.71. The summed E-state index contributed by atoms with van der Waals surface area (Å²) in [6, 6.07) is 0. The normalized spacial score (nSPS) is 19.7. The van der Waals surface area contributed by atoms with E-state index in [9.17, 15) is 4.79 Å². The second-order valence-corrected chi connectivity index (χ2v) is 2.50. The lowest BCUT2D eigenvalue weighted by atomic mass is 10.5. The van der Waals surface area contributed by atoms with Crippen molar-refractivity contribution in [3.63, 3.8) is 0 Å². The van der Waals surface area contributed by atoms with E-state index in [1.165, 1.54) is 6.92 Å². The monoisotopic (exact) mass is 159 g/mol. The molecule has 0 aromatic carbocycles. The van der Waals surface area contributed by atoms with Crippen LogP contribution in [0.1, 0.15) is 6.92 Å². The number of ether oxygens (including phenoxy) is 2. The predicted octanol–water partition coefficient (Wildman–Crippen LogP) is -0.161. The summed E-state index contributed by atoms with van der Waals surface area (Å²) in [7, 11) is 0. The Hall–Kier alpha value is -0.610. The molecule has 0 radical (unpaired) electrons. The molecule has 1 saturated heterocycles. The predicted molar refractivity (Wildman–Crippen MR) is 39.0 cm³/mol. The van der Waals surface area contributed by atoms with Crippen molar-refractivity contribution in [3.05, 3.63) is 0 Å². The SMILES string of the molecule is CC(=O)OCN1CCOCC1. The zero-order valence-electron chi connectivity index (χ0n) is 6.71. The van der Waals surface area contributed by atoms with Crippen LogP contribution in [-0.2, 0) is 14.3 Å². The molecule has 0 spiro atoms. The lowest BCUT2D eigenvalue weighted by Crippen LogP contribution is -2.38. The fourth-order valence-electron chi connectivity index (χ4n) is 0.912. The smallest absolute Gasteiger partial charge is 0.303 e. The van der Waals surface area contributed by atoms with Crippen molar-refractivity contribution in [1.82, 2.24) is 4.90 Å². The van der Waals surface area contributed by atoms with Gasteiger partial charge in [-0.1, -0.05) is 0 Å². The summed E-state index contributed by atoms with van der Waals surface area (Å²) in [4.78, 5) is 12.5. The highest BCUT2D eigenvalue weighted by molar-refractivity contribution is 5.65. The zero-order chi connectivity index (χ0) is 8.10. The first-order chi connectivity index (χ1) is 5.29. The first-order valence-electron chi connectivity index (χ1n) is 3.72. The summed E-state index contributed by atoms with van der Waals surface area (Å²) < 4.78 is 9.94. The van der Waals surface area contributed by atoms with Gasteiger partial charge in [0.25, 0.3) is 0 Å². The third-order valence-electron chi connectivity index (χ3n) is 1.55. The molecule has 0 aromatic rings. The van der Waals surface area contributed by atoms with Gasteiger partial charge in [-0.25, -0.2) is 0 Å². The van der Waals surface area contributed by atoms with E-state index in [0.717, 1.165) is 26.3 Å². The van der Waals surface area contributed by atoms with Gasteiger partial charge in [0, 0.05) is 20.0 Å². The highest BCUT2D eigenvalue weighted by atomic mass is 16.5. The van der Waals surface area contributed by atoms with E-state index in [0.29, 0.717) is 6.73 Å². The molecule has 1 heterocycles. The van der Waals surface area contributed by atoms with Gasteiger partial charge in [-0.2, -0.15) is 0 Å². The highest BCUT2D eigenvalue weighted by Gasteiger charge is 2.10. The van der Waals surface area contributed by atoms with Crippen LogP contribution in [0.25, 0.3) is 0 Å². The second-order valence-electron chi connectivity index (χ2n) is 2.50. The molecule has 1 fully saturated rings. The van der Waals surface area contributed by atoms with Gasteiger partial charge >= 0.3 is 5.97 Å². The minimum Gasteiger partial charge on any atom is -0.450 e. The van der Waals surface area contributed by atoms with Crippen LogP contribution in [-0.4, -0.2) is 43.9 Å². The maximum Gasteiger partial charge on any atom is 0.303 e. The van der Waals surface area contributed by atoms with E-state index < -0.39 is 0 Å². The van der Waals surface area contributed by atoms with Gasteiger partial charge in [0.05, 0.1) is 13.2 Å². The molecule has 11 heavy (non-hydrogen) atoms. The van der Waals surface area contributed by atoms with Crippen molar-refractivity contribution < 1.29 is 14.3 Å². The summed E-state index contributed by atoms with van der Waals surface area (Å²) >= 11 is 0. The number of hydrogen-bond donors (Lipinski definition) is 0. The standard InChI is InChI=1S/C7H13NO3/c1-7(9)11-6-8-2-4-10-5-3-8/h2-6H2,1H3. The molecule has 0 aliphatic carbocycles. The number of esters is 1. The molecule has 1 aliphatic rings. The molecule has 0 amide bonds. The Kier molecular flexibility index (Phi) is 3.32. The third-order valence-corrected chi connectivity index (χ3v) is 1.55. The van der Waals surface area contributed by atoms with Gasteiger partial charge in [0.1, 0.15) is 6.73 Å². The van der Waals surface area contributed by atoms with Crippen molar-refractivity contribution in [3.8, 4) is 0 Å². The summed E-state index contributed by atoms with van der Waals surface area (Å²) in [6.07, 6.45) is 0. The summed E-state index contributed by atoms with van der Waals surface area (Å²) in [5.74, 6) is -0.225. The Morgan fingerprint density at radius 3 is 2.73 bits per heavy atom. The number of carbonyl (C=O) groups excluding carboxylic acids is 1. The van der Waals surface area contributed by atoms with Crippen molar-refractivity contribution in [1.29, 1.82) is 0 Å². The highest BCUT2D eigenvalue weighted by Crippen LogP contribution is 1.95. The molecule has 4 nitrogen and oxygen atoms in total. The maximum atomic E-state index is 10.4. The third kappa shape index (κ3) is 3.34. The van der Waals surface area contributed by atoms with Gasteiger partial charge in [0.15, 0.2) is 0 Å². The van der Waals surface area contributed by atoms with E-state index in [4.69, 9.17) is 9.47 Å². The van der Waals surface area contributed by atoms with E-state index in [-0.39, 0.29) is 5.97 Å². The Morgan fingerprint density at radius 1 is 1.55 bits per heavy atom. The van der Waals surface area contributed by atoms with Crippen molar-refractivity contribution in [2.45, 2.75) is 6.92 Å².